The largest absolute Gasteiger partial charge is 0.478 e. The third-order valence-corrected chi connectivity index (χ3v) is 3.35. The molecule has 0 unspecified atom stereocenters. The first-order valence-corrected chi connectivity index (χ1v) is 5.90. The molecule has 2 rings (SSSR count). The van der Waals surface area contributed by atoms with Crippen molar-refractivity contribution in [1.29, 1.82) is 0 Å². The maximum atomic E-state index is 11.9. The number of carboxylic acids is 1. The molecule has 0 aromatic heterocycles. The van der Waals surface area contributed by atoms with Crippen molar-refractivity contribution in [3.63, 3.8) is 0 Å². The van der Waals surface area contributed by atoms with Gasteiger partial charge in [-0.25, -0.2) is 4.79 Å². The lowest BCUT2D eigenvalue weighted by molar-refractivity contribution is -0.120. The molecule has 1 amide bonds. The van der Waals surface area contributed by atoms with Gasteiger partial charge in [0.25, 0.3) is 0 Å². The van der Waals surface area contributed by atoms with Crippen molar-refractivity contribution in [2.45, 2.75) is 12.8 Å². The molecule has 6 heteroatoms. The number of amides is 1. The summed E-state index contributed by atoms with van der Waals surface area (Å²) in [6.45, 7) is 0.297. The quantitative estimate of drug-likeness (QED) is 0.775. The highest BCUT2D eigenvalue weighted by atomic mass is 35.5. The Bertz CT molecular complexity index is 512. The molecule has 1 fully saturated rings. The van der Waals surface area contributed by atoms with Gasteiger partial charge >= 0.3 is 5.97 Å². The topological polar surface area (TPSA) is 92.4 Å². The van der Waals surface area contributed by atoms with Gasteiger partial charge in [0.1, 0.15) is 0 Å². The summed E-state index contributed by atoms with van der Waals surface area (Å²) in [5.41, 5.74) is 5.49. The van der Waals surface area contributed by atoms with Crippen LogP contribution in [0.4, 0.5) is 5.69 Å². The van der Waals surface area contributed by atoms with Crippen LogP contribution in [0.15, 0.2) is 18.2 Å². The molecule has 0 aliphatic heterocycles. The van der Waals surface area contributed by atoms with Gasteiger partial charge in [-0.3, -0.25) is 4.79 Å². The van der Waals surface area contributed by atoms with Crippen molar-refractivity contribution in [3.8, 4) is 0 Å². The standard InChI is InChI=1S/C12H13ClN2O3/c13-8-3-7(10(16)17)4-9(5-8)15-11(18)12(6-14)1-2-12/h3-5H,1-2,6,14H2,(H,15,18)(H,16,17). The molecule has 18 heavy (non-hydrogen) atoms. The number of rotatable bonds is 4. The van der Waals surface area contributed by atoms with E-state index in [1.54, 1.807) is 0 Å². The first-order chi connectivity index (χ1) is 8.47. The minimum atomic E-state index is -1.09. The van der Waals surface area contributed by atoms with Crippen LogP contribution in [-0.2, 0) is 4.79 Å². The summed E-state index contributed by atoms with van der Waals surface area (Å²) in [5, 5.41) is 11.8. The van der Waals surface area contributed by atoms with Gasteiger partial charge in [-0.2, -0.15) is 0 Å². The zero-order valence-corrected chi connectivity index (χ0v) is 10.3. The minimum Gasteiger partial charge on any atom is -0.478 e. The number of benzene rings is 1. The van der Waals surface area contributed by atoms with Crippen LogP contribution in [0.1, 0.15) is 23.2 Å². The van der Waals surface area contributed by atoms with Crippen LogP contribution in [0.5, 0.6) is 0 Å². The minimum absolute atomic E-state index is 0.0374. The van der Waals surface area contributed by atoms with Crippen molar-refractivity contribution in [1.82, 2.24) is 0 Å². The summed E-state index contributed by atoms with van der Waals surface area (Å²) in [4.78, 5) is 22.8. The van der Waals surface area contributed by atoms with Gasteiger partial charge in [-0.05, 0) is 31.0 Å². The first kappa shape index (κ1) is 12.9. The van der Waals surface area contributed by atoms with E-state index in [1.807, 2.05) is 0 Å². The van der Waals surface area contributed by atoms with Crippen LogP contribution >= 0.6 is 11.6 Å². The first-order valence-electron chi connectivity index (χ1n) is 5.52. The van der Waals surface area contributed by atoms with Crippen LogP contribution < -0.4 is 11.1 Å². The molecule has 1 aromatic carbocycles. The van der Waals surface area contributed by atoms with Crippen molar-refractivity contribution in [3.05, 3.63) is 28.8 Å². The molecule has 4 N–H and O–H groups in total. The number of carbonyl (C=O) groups excluding carboxylic acids is 1. The summed E-state index contributed by atoms with van der Waals surface area (Å²) >= 11 is 5.80. The fraction of sp³-hybridized carbons (Fsp3) is 0.333. The highest BCUT2D eigenvalue weighted by Crippen LogP contribution is 2.45. The zero-order valence-electron chi connectivity index (χ0n) is 9.57. The Hall–Kier alpha value is -1.59. The van der Waals surface area contributed by atoms with E-state index in [2.05, 4.69) is 5.32 Å². The van der Waals surface area contributed by atoms with Gasteiger partial charge in [0.2, 0.25) is 5.91 Å². The molecular formula is C12H13ClN2O3. The predicted octanol–water partition coefficient (Wildman–Crippen LogP) is 1.72. The number of hydrogen-bond donors (Lipinski definition) is 3. The van der Waals surface area contributed by atoms with Gasteiger partial charge in [0.15, 0.2) is 0 Å². The van der Waals surface area contributed by atoms with E-state index in [4.69, 9.17) is 22.4 Å². The molecule has 0 radical (unpaired) electrons. The molecule has 1 aliphatic carbocycles. The van der Waals surface area contributed by atoms with Crippen LogP contribution in [0, 0.1) is 5.41 Å². The molecule has 1 aliphatic rings. The van der Waals surface area contributed by atoms with Crippen LogP contribution in [-0.4, -0.2) is 23.5 Å². The molecule has 1 aromatic rings. The van der Waals surface area contributed by atoms with E-state index in [0.29, 0.717) is 12.2 Å². The van der Waals surface area contributed by atoms with E-state index in [0.717, 1.165) is 12.8 Å². The highest BCUT2D eigenvalue weighted by molar-refractivity contribution is 6.31. The number of anilines is 1. The zero-order chi connectivity index (χ0) is 13.3. The summed E-state index contributed by atoms with van der Waals surface area (Å²) in [6, 6.07) is 4.21. The average Bonchev–Trinajstić information content (AvgIpc) is 3.08. The Morgan fingerprint density at radius 3 is 2.56 bits per heavy atom. The van der Waals surface area contributed by atoms with E-state index in [-0.39, 0.29) is 16.5 Å². The Morgan fingerprint density at radius 1 is 1.39 bits per heavy atom. The normalized spacial score (nSPS) is 16.1. The lowest BCUT2D eigenvalue weighted by Crippen LogP contribution is -2.30. The summed E-state index contributed by atoms with van der Waals surface area (Å²) in [5.74, 6) is -1.27. The molecule has 0 saturated heterocycles. The number of nitrogens with two attached hydrogens (primary N) is 1. The molecule has 0 heterocycles. The van der Waals surface area contributed by atoms with Crippen LogP contribution in [0.3, 0.4) is 0 Å². The predicted molar refractivity (Wildman–Crippen MR) is 67.8 cm³/mol. The number of halogens is 1. The van der Waals surface area contributed by atoms with Gasteiger partial charge in [0.05, 0.1) is 11.0 Å². The molecule has 5 nitrogen and oxygen atoms in total. The van der Waals surface area contributed by atoms with Crippen molar-refractivity contribution in [2.24, 2.45) is 11.1 Å². The lowest BCUT2D eigenvalue weighted by Gasteiger charge is -2.13. The van der Waals surface area contributed by atoms with Crippen molar-refractivity contribution >= 4 is 29.2 Å². The fourth-order valence-electron chi connectivity index (χ4n) is 1.72. The maximum Gasteiger partial charge on any atom is 0.335 e. The Morgan fingerprint density at radius 2 is 2.06 bits per heavy atom. The highest BCUT2D eigenvalue weighted by Gasteiger charge is 2.48. The molecule has 1 saturated carbocycles. The number of carbonyl (C=O) groups is 2. The Labute approximate surface area is 109 Å². The second kappa shape index (κ2) is 4.59. The Kier molecular flexibility index (Phi) is 3.28. The monoisotopic (exact) mass is 268 g/mol. The number of carboxylic acid groups (broad SMARTS) is 1. The van der Waals surface area contributed by atoms with Gasteiger partial charge in [-0.15, -0.1) is 0 Å². The van der Waals surface area contributed by atoms with E-state index in [1.165, 1.54) is 18.2 Å². The van der Waals surface area contributed by atoms with E-state index >= 15 is 0 Å². The number of aromatic carboxylic acids is 1. The summed E-state index contributed by atoms with van der Waals surface area (Å²) < 4.78 is 0. The molecule has 96 valence electrons. The summed E-state index contributed by atoms with van der Waals surface area (Å²) in [6.07, 6.45) is 1.53. The van der Waals surface area contributed by atoms with Gasteiger partial charge in [0, 0.05) is 17.3 Å². The van der Waals surface area contributed by atoms with E-state index < -0.39 is 11.4 Å². The molecular weight excluding hydrogens is 256 g/mol. The smallest absolute Gasteiger partial charge is 0.335 e. The number of nitrogens with one attached hydrogen (secondary N) is 1. The van der Waals surface area contributed by atoms with Gasteiger partial charge < -0.3 is 16.2 Å². The lowest BCUT2D eigenvalue weighted by atomic mass is 10.1. The van der Waals surface area contributed by atoms with E-state index in [9.17, 15) is 9.59 Å². The SMILES string of the molecule is NCC1(C(=O)Nc2cc(Cl)cc(C(=O)O)c2)CC1. The second-order valence-electron chi connectivity index (χ2n) is 4.47. The average molecular weight is 269 g/mol. The van der Waals surface area contributed by atoms with Crippen molar-refractivity contribution in [2.75, 3.05) is 11.9 Å². The number of hydrogen-bond acceptors (Lipinski definition) is 3. The van der Waals surface area contributed by atoms with Crippen LogP contribution in [0.25, 0.3) is 0 Å². The maximum absolute atomic E-state index is 11.9. The third kappa shape index (κ3) is 2.47. The molecule has 0 spiro atoms. The van der Waals surface area contributed by atoms with Gasteiger partial charge in [-0.1, -0.05) is 11.6 Å². The second-order valence-corrected chi connectivity index (χ2v) is 4.91. The van der Waals surface area contributed by atoms with Crippen molar-refractivity contribution < 1.29 is 14.7 Å². The fourth-order valence-corrected chi connectivity index (χ4v) is 1.96. The molecule has 0 atom stereocenters. The van der Waals surface area contributed by atoms with Crippen LogP contribution in [0.2, 0.25) is 5.02 Å². The third-order valence-electron chi connectivity index (χ3n) is 3.13. The summed E-state index contributed by atoms with van der Waals surface area (Å²) in [7, 11) is 0. The molecule has 0 bridgehead atoms. The Balaban J connectivity index is 2.19.